The van der Waals surface area contributed by atoms with E-state index < -0.39 is 0 Å². The maximum absolute atomic E-state index is 13.0. The number of rotatable bonds is 4. The highest BCUT2D eigenvalue weighted by Crippen LogP contribution is 2.42. The van der Waals surface area contributed by atoms with Crippen molar-refractivity contribution >= 4 is 5.91 Å². The minimum absolute atomic E-state index is 0.0832. The maximum Gasteiger partial charge on any atom is 0.230 e. The van der Waals surface area contributed by atoms with Crippen molar-refractivity contribution in [3.63, 3.8) is 0 Å². The fourth-order valence-electron chi connectivity index (χ4n) is 4.18. The molecule has 1 saturated carbocycles. The van der Waals surface area contributed by atoms with Crippen LogP contribution in [0.15, 0.2) is 24.5 Å². The van der Waals surface area contributed by atoms with Gasteiger partial charge in [0.25, 0.3) is 0 Å². The molecule has 4 nitrogen and oxygen atoms in total. The normalized spacial score (nSPS) is 29.5. The van der Waals surface area contributed by atoms with E-state index in [2.05, 4.69) is 14.8 Å². The van der Waals surface area contributed by atoms with Crippen LogP contribution in [0.25, 0.3) is 0 Å². The van der Waals surface area contributed by atoms with Crippen LogP contribution in [0, 0.1) is 11.3 Å². The van der Waals surface area contributed by atoms with Crippen molar-refractivity contribution in [1.29, 1.82) is 0 Å². The summed E-state index contributed by atoms with van der Waals surface area (Å²) >= 11 is 0. The van der Waals surface area contributed by atoms with Crippen molar-refractivity contribution < 1.29 is 4.79 Å². The predicted octanol–water partition coefficient (Wildman–Crippen LogP) is 2.31. The number of hydrogen-bond donors (Lipinski definition) is 0. The Balaban J connectivity index is 1.43. The van der Waals surface area contributed by atoms with Crippen molar-refractivity contribution in [2.75, 3.05) is 26.2 Å². The second-order valence-corrected chi connectivity index (χ2v) is 7.39. The number of pyridine rings is 1. The van der Waals surface area contributed by atoms with Crippen LogP contribution >= 0.6 is 0 Å². The van der Waals surface area contributed by atoms with Gasteiger partial charge in [0.2, 0.25) is 5.91 Å². The molecule has 3 aliphatic rings. The molecule has 1 amide bonds. The number of piperidine rings is 1. The van der Waals surface area contributed by atoms with E-state index >= 15 is 0 Å². The highest BCUT2D eigenvalue weighted by atomic mass is 16.2. The van der Waals surface area contributed by atoms with Gasteiger partial charge >= 0.3 is 0 Å². The van der Waals surface area contributed by atoms with E-state index in [1.165, 1.54) is 37.9 Å². The SMILES string of the molecule is O=C1N(Cc2ccncc2)CC[C@]12CCCN(CC1CC1)C2. The van der Waals surface area contributed by atoms with Crippen molar-refractivity contribution in [1.82, 2.24) is 14.8 Å². The minimum Gasteiger partial charge on any atom is -0.338 e. The summed E-state index contributed by atoms with van der Waals surface area (Å²) in [6.07, 6.45) is 9.71. The highest BCUT2D eigenvalue weighted by molar-refractivity contribution is 5.85. The highest BCUT2D eigenvalue weighted by Gasteiger charge is 2.48. The Morgan fingerprint density at radius 2 is 2.00 bits per heavy atom. The number of carbonyl (C=O) groups is 1. The lowest BCUT2D eigenvalue weighted by molar-refractivity contribution is -0.139. The molecule has 2 saturated heterocycles. The standard InChI is InChI=1S/C18H25N3O/c22-17-18(6-1-10-20(14-18)12-15-2-3-15)7-11-21(17)13-16-4-8-19-9-5-16/h4-5,8-9,15H,1-3,6-7,10-14H2/t18-/m0/s1. The second-order valence-electron chi connectivity index (χ2n) is 7.39. The fraction of sp³-hybridized carbons (Fsp3) is 0.667. The van der Waals surface area contributed by atoms with E-state index in [9.17, 15) is 4.79 Å². The van der Waals surface area contributed by atoms with Crippen molar-refractivity contribution in [2.45, 2.75) is 38.6 Å². The van der Waals surface area contributed by atoms with Gasteiger partial charge in [-0.15, -0.1) is 0 Å². The quantitative estimate of drug-likeness (QED) is 0.856. The van der Waals surface area contributed by atoms with Gasteiger partial charge in [-0.05, 0) is 62.3 Å². The topological polar surface area (TPSA) is 36.4 Å². The van der Waals surface area contributed by atoms with E-state index in [1.54, 1.807) is 0 Å². The molecule has 1 aliphatic carbocycles. The number of likely N-dealkylation sites (tertiary alicyclic amines) is 2. The largest absolute Gasteiger partial charge is 0.338 e. The third-order valence-corrected chi connectivity index (χ3v) is 5.59. The lowest BCUT2D eigenvalue weighted by Crippen LogP contribution is -2.48. The Bertz CT molecular complexity index is 543. The molecular weight excluding hydrogens is 274 g/mol. The molecular formula is C18H25N3O. The Labute approximate surface area is 132 Å². The van der Waals surface area contributed by atoms with Gasteiger partial charge in [0.1, 0.15) is 0 Å². The first-order valence-corrected chi connectivity index (χ1v) is 8.66. The van der Waals surface area contributed by atoms with Crippen LogP contribution in [0.1, 0.15) is 37.7 Å². The van der Waals surface area contributed by atoms with Gasteiger partial charge < -0.3 is 9.80 Å². The van der Waals surface area contributed by atoms with Gasteiger partial charge in [-0.2, -0.15) is 0 Å². The van der Waals surface area contributed by atoms with Gasteiger partial charge in [-0.3, -0.25) is 9.78 Å². The molecule has 1 spiro atoms. The molecule has 0 N–H and O–H groups in total. The Morgan fingerprint density at radius 3 is 2.77 bits per heavy atom. The van der Waals surface area contributed by atoms with Crippen LogP contribution in [0.2, 0.25) is 0 Å². The molecule has 2 aliphatic heterocycles. The third-order valence-electron chi connectivity index (χ3n) is 5.59. The summed E-state index contributed by atoms with van der Waals surface area (Å²) < 4.78 is 0. The number of carbonyl (C=O) groups excluding carboxylic acids is 1. The Morgan fingerprint density at radius 1 is 1.18 bits per heavy atom. The molecule has 4 heteroatoms. The van der Waals surface area contributed by atoms with Gasteiger partial charge in [0.05, 0.1) is 5.41 Å². The molecule has 0 aromatic carbocycles. The molecule has 118 valence electrons. The molecule has 3 heterocycles. The summed E-state index contributed by atoms with van der Waals surface area (Å²) in [7, 11) is 0. The zero-order chi connectivity index (χ0) is 15.0. The molecule has 0 radical (unpaired) electrons. The second kappa shape index (κ2) is 5.65. The molecule has 22 heavy (non-hydrogen) atoms. The maximum atomic E-state index is 13.0. The predicted molar refractivity (Wildman–Crippen MR) is 85.1 cm³/mol. The Kier molecular flexibility index (Phi) is 3.65. The smallest absolute Gasteiger partial charge is 0.230 e. The van der Waals surface area contributed by atoms with Crippen LogP contribution in [0.4, 0.5) is 0 Å². The lowest BCUT2D eigenvalue weighted by Gasteiger charge is -2.39. The number of nitrogens with zero attached hydrogens (tertiary/aromatic N) is 3. The molecule has 4 rings (SSSR count). The van der Waals surface area contributed by atoms with Crippen LogP contribution in [-0.4, -0.2) is 46.9 Å². The zero-order valence-electron chi connectivity index (χ0n) is 13.2. The first-order chi connectivity index (χ1) is 10.8. The average Bonchev–Trinajstić information content (AvgIpc) is 3.31. The van der Waals surface area contributed by atoms with Crippen molar-refractivity contribution in [2.24, 2.45) is 11.3 Å². The summed E-state index contributed by atoms with van der Waals surface area (Å²) in [5.74, 6) is 1.31. The van der Waals surface area contributed by atoms with Crippen LogP contribution in [0.5, 0.6) is 0 Å². The van der Waals surface area contributed by atoms with E-state index in [1.807, 2.05) is 24.5 Å². The summed E-state index contributed by atoms with van der Waals surface area (Å²) in [6.45, 7) is 5.06. The first kappa shape index (κ1) is 14.2. The Hall–Kier alpha value is -1.42. The minimum atomic E-state index is -0.0832. The molecule has 1 atom stereocenters. The number of amides is 1. The number of hydrogen-bond acceptors (Lipinski definition) is 3. The summed E-state index contributed by atoms with van der Waals surface area (Å²) in [6, 6.07) is 4.02. The summed E-state index contributed by atoms with van der Waals surface area (Å²) in [4.78, 5) is 21.7. The van der Waals surface area contributed by atoms with Gasteiger partial charge in [0, 0.05) is 38.6 Å². The van der Waals surface area contributed by atoms with Gasteiger partial charge in [-0.25, -0.2) is 0 Å². The third kappa shape index (κ3) is 2.76. The van der Waals surface area contributed by atoms with Crippen LogP contribution in [0.3, 0.4) is 0 Å². The monoisotopic (exact) mass is 299 g/mol. The summed E-state index contributed by atoms with van der Waals surface area (Å²) in [5.41, 5.74) is 1.10. The molecule has 3 fully saturated rings. The summed E-state index contributed by atoms with van der Waals surface area (Å²) in [5, 5.41) is 0. The molecule has 1 aromatic heterocycles. The molecule has 1 aromatic rings. The molecule has 0 bridgehead atoms. The number of aromatic nitrogens is 1. The molecule has 0 unspecified atom stereocenters. The van der Waals surface area contributed by atoms with Crippen molar-refractivity contribution in [3.8, 4) is 0 Å². The van der Waals surface area contributed by atoms with Crippen LogP contribution < -0.4 is 0 Å². The van der Waals surface area contributed by atoms with E-state index in [0.717, 1.165) is 38.4 Å². The zero-order valence-corrected chi connectivity index (χ0v) is 13.2. The fourth-order valence-corrected chi connectivity index (χ4v) is 4.18. The van der Waals surface area contributed by atoms with Gasteiger partial charge in [-0.1, -0.05) is 0 Å². The average molecular weight is 299 g/mol. The first-order valence-electron chi connectivity index (χ1n) is 8.66. The van der Waals surface area contributed by atoms with Gasteiger partial charge in [0.15, 0.2) is 0 Å². The van der Waals surface area contributed by atoms with Crippen LogP contribution in [-0.2, 0) is 11.3 Å². The van der Waals surface area contributed by atoms with Crippen molar-refractivity contribution in [3.05, 3.63) is 30.1 Å². The lowest BCUT2D eigenvalue weighted by atomic mass is 9.78. The van der Waals surface area contributed by atoms with E-state index in [-0.39, 0.29) is 5.41 Å². The van der Waals surface area contributed by atoms with E-state index in [4.69, 9.17) is 0 Å². The van der Waals surface area contributed by atoms with E-state index in [0.29, 0.717) is 5.91 Å².